The van der Waals surface area contributed by atoms with Gasteiger partial charge in [-0.1, -0.05) is 48.5 Å². The van der Waals surface area contributed by atoms with E-state index < -0.39 is 12.2 Å². The maximum Gasteiger partial charge on any atom is 0.255 e. The minimum Gasteiger partial charge on any atom is -0.508 e. The van der Waals surface area contributed by atoms with Crippen LogP contribution in [0.2, 0.25) is 0 Å². The van der Waals surface area contributed by atoms with Gasteiger partial charge in [-0.2, -0.15) is 0 Å². The number of hydrogen-bond donors (Lipinski definition) is 5. The molecular weight excluding hydrogens is 620 g/mol. The summed E-state index contributed by atoms with van der Waals surface area (Å²) in [6.07, 6.45) is 3.47. The Labute approximate surface area is 285 Å². The van der Waals surface area contributed by atoms with Gasteiger partial charge in [-0.3, -0.25) is 20.1 Å². The third-order valence-corrected chi connectivity index (χ3v) is 8.70. The minimum absolute atomic E-state index is 0.0940. The quantitative estimate of drug-likeness (QED) is 0.0928. The Morgan fingerprint density at radius 2 is 1.84 bits per heavy atom. The number of nitrogens with zero attached hydrogens (tertiary/aromatic N) is 3. The summed E-state index contributed by atoms with van der Waals surface area (Å²) in [7, 11) is 3.57. The lowest BCUT2D eigenvalue weighted by Crippen LogP contribution is -2.66. The van der Waals surface area contributed by atoms with Crippen molar-refractivity contribution in [2.75, 3.05) is 25.5 Å². The third-order valence-electron chi connectivity index (χ3n) is 8.70. The number of phenolic OH excluding ortho intramolecular Hbond substituents is 1. The van der Waals surface area contributed by atoms with E-state index in [0.29, 0.717) is 36.5 Å². The summed E-state index contributed by atoms with van der Waals surface area (Å²) in [4.78, 5) is 28.9. The van der Waals surface area contributed by atoms with Gasteiger partial charge < -0.3 is 24.6 Å². The van der Waals surface area contributed by atoms with Crippen LogP contribution in [0.5, 0.6) is 11.5 Å². The zero-order valence-corrected chi connectivity index (χ0v) is 27.5. The van der Waals surface area contributed by atoms with E-state index >= 15 is 0 Å². The molecule has 2 amide bonds. The summed E-state index contributed by atoms with van der Waals surface area (Å²) in [5.41, 5.74) is 8.72. The first-order valence-corrected chi connectivity index (χ1v) is 16.0. The molecular formula is C38H40N6O5. The second kappa shape index (κ2) is 14.8. The van der Waals surface area contributed by atoms with E-state index in [9.17, 15) is 19.9 Å². The number of aromatic nitrogens is 1. The van der Waals surface area contributed by atoms with Gasteiger partial charge in [-0.25, -0.2) is 5.43 Å². The van der Waals surface area contributed by atoms with Crippen LogP contribution < -0.4 is 20.8 Å². The first-order chi connectivity index (χ1) is 23.7. The molecule has 6 rings (SSSR count). The summed E-state index contributed by atoms with van der Waals surface area (Å²) >= 11 is 0. The normalized spacial score (nSPS) is 16.2. The van der Waals surface area contributed by atoms with E-state index in [2.05, 4.69) is 22.6 Å². The lowest BCUT2D eigenvalue weighted by Gasteiger charge is -2.41. The van der Waals surface area contributed by atoms with E-state index in [4.69, 9.17) is 4.74 Å². The van der Waals surface area contributed by atoms with Crippen molar-refractivity contribution < 1.29 is 24.6 Å². The maximum absolute atomic E-state index is 13.9. The van der Waals surface area contributed by atoms with Gasteiger partial charge in [0, 0.05) is 48.5 Å². The van der Waals surface area contributed by atoms with Crippen LogP contribution in [0.15, 0.2) is 110 Å². The summed E-state index contributed by atoms with van der Waals surface area (Å²) < 4.78 is 7.26. The van der Waals surface area contributed by atoms with Crippen molar-refractivity contribution in [1.82, 2.24) is 25.4 Å². The first kappa shape index (κ1) is 33.4. The van der Waals surface area contributed by atoms with Crippen LogP contribution in [0.1, 0.15) is 21.5 Å². The number of aryl methyl sites for hydroxylation is 1. The number of hydroxylamine groups is 1. The highest BCUT2D eigenvalue weighted by atomic mass is 16.5. The number of hydrogen-bond acceptors (Lipinski definition) is 8. The van der Waals surface area contributed by atoms with Crippen molar-refractivity contribution in [3.05, 3.63) is 127 Å². The number of methoxy groups -OCH3 is 1. The molecule has 5 N–H and O–H groups in total. The van der Waals surface area contributed by atoms with E-state index in [1.807, 2.05) is 54.2 Å². The van der Waals surface area contributed by atoms with Crippen LogP contribution in [-0.2, 0) is 24.8 Å². The number of piperazine rings is 1. The number of fused-ring (bicyclic) bond motifs is 1. The van der Waals surface area contributed by atoms with E-state index in [1.165, 1.54) is 0 Å². The molecule has 0 radical (unpaired) electrons. The molecule has 252 valence electrons. The van der Waals surface area contributed by atoms with Gasteiger partial charge in [0.15, 0.2) is 0 Å². The largest absolute Gasteiger partial charge is 0.508 e. The molecule has 1 aromatic heterocycles. The molecule has 2 atom stereocenters. The molecule has 5 aromatic rings. The Kier molecular flexibility index (Phi) is 10.1. The van der Waals surface area contributed by atoms with Gasteiger partial charge in [0.1, 0.15) is 17.7 Å². The Morgan fingerprint density at radius 3 is 2.57 bits per heavy atom. The maximum atomic E-state index is 13.9. The van der Waals surface area contributed by atoms with Crippen LogP contribution in [-0.4, -0.2) is 69.2 Å². The number of phenols is 1. The van der Waals surface area contributed by atoms with Crippen LogP contribution in [0.3, 0.4) is 0 Å². The number of carbonyl (C=O) groups excluding carboxylic acids is 2. The van der Waals surface area contributed by atoms with Crippen molar-refractivity contribution in [1.29, 1.82) is 0 Å². The highest BCUT2D eigenvalue weighted by Crippen LogP contribution is 2.33. The average Bonchev–Trinajstić information content (AvgIpc) is 3.47. The molecule has 1 saturated heterocycles. The van der Waals surface area contributed by atoms with E-state index in [-0.39, 0.29) is 24.1 Å². The lowest BCUT2D eigenvalue weighted by molar-refractivity contribution is -0.193. The highest BCUT2D eigenvalue weighted by Gasteiger charge is 2.36. The standard InChI is InChI=1S/C38H40N6O5/c1-4-19-39-44(48)35-24-43(38(47)34(41-35)20-25-11-15-30(45)16-12-25)22-28-9-6-10-32-33(23-42(2)36(28)32)26-7-5-8-27(21-26)37(46)40-29-13-17-31(49-3)18-14-29/h4-18,21,23,34-35,39,41,45,48H,1,19-20,22,24H2,2-3H3,(H,40,46)/t34-,35-/m0/s1. The number of para-hydroxylation sites is 1. The number of aromatic hydroxyl groups is 1. The van der Waals surface area contributed by atoms with E-state index in [1.54, 1.807) is 72.7 Å². The van der Waals surface area contributed by atoms with Crippen LogP contribution in [0.25, 0.3) is 22.0 Å². The van der Waals surface area contributed by atoms with Crippen molar-refractivity contribution in [3.8, 4) is 22.6 Å². The second-order valence-corrected chi connectivity index (χ2v) is 12.1. The predicted octanol–water partition coefficient (Wildman–Crippen LogP) is 5.06. The van der Waals surface area contributed by atoms with Gasteiger partial charge in [0.2, 0.25) is 5.91 Å². The zero-order valence-electron chi connectivity index (χ0n) is 27.5. The number of benzene rings is 4. The van der Waals surface area contributed by atoms with Crippen molar-refractivity contribution >= 4 is 28.4 Å². The Morgan fingerprint density at radius 1 is 1.08 bits per heavy atom. The monoisotopic (exact) mass is 660 g/mol. The fourth-order valence-electron chi connectivity index (χ4n) is 6.27. The van der Waals surface area contributed by atoms with E-state index in [0.717, 1.165) is 38.3 Å². The van der Waals surface area contributed by atoms with Crippen molar-refractivity contribution in [2.45, 2.75) is 25.2 Å². The number of rotatable bonds is 12. The predicted molar refractivity (Wildman–Crippen MR) is 189 cm³/mol. The fourth-order valence-corrected chi connectivity index (χ4v) is 6.27. The molecule has 1 aliphatic heterocycles. The van der Waals surface area contributed by atoms with Crippen molar-refractivity contribution in [2.24, 2.45) is 7.05 Å². The van der Waals surface area contributed by atoms with Gasteiger partial charge >= 0.3 is 0 Å². The molecule has 0 saturated carbocycles. The fraction of sp³-hybridized carbons (Fsp3) is 0.211. The summed E-state index contributed by atoms with van der Waals surface area (Å²) in [5.74, 6) is 0.548. The second-order valence-electron chi connectivity index (χ2n) is 12.1. The van der Waals surface area contributed by atoms with Crippen LogP contribution in [0, 0.1) is 0 Å². The number of carbonyl (C=O) groups is 2. The number of nitrogens with one attached hydrogen (secondary N) is 3. The average molecular weight is 661 g/mol. The van der Waals surface area contributed by atoms with Gasteiger partial charge in [0.25, 0.3) is 5.91 Å². The summed E-state index contributed by atoms with van der Waals surface area (Å²) in [5, 5.41) is 28.8. The van der Waals surface area contributed by atoms with Crippen LogP contribution in [0.4, 0.5) is 5.69 Å². The molecule has 49 heavy (non-hydrogen) atoms. The molecule has 0 bridgehead atoms. The van der Waals surface area contributed by atoms with Gasteiger partial charge in [-0.05, 0) is 71.6 Å². The summed E-state index contributed by atoms with van der Waals surface area (Å²) in [6.45, 7) is 4.60. The van der Waals surface area contributed by atoms with Crippen molar-refractivity contribution in [3.63, 3.8) is 0 Å². The van der Waals surface area contributed by atoms with Crippen LogP contribution >= 0.6 is 0 Å². The number of hydrazine groups is 1. The molecule has 11 nitrogen and oxygen atoms in total. The Hall–Kier alpha value is -5.46. The number of amides is 2. The van der Waals surface area contributed by atoms with Gasteiger partial charge in [-0.15, -0.1) is 11.8 Å². The smallest absolute Gasteiger partial charge is 0.255 e. The zero-order chi connectivity index (χ0) is 34.5. The number of ether oxygens (including phenoxy) is 1. The first-order valence-electron chi connectivity index (χ1n) is 16.0. The minimum atomic E-state index is -0.613. The number of anilines is 1. The SMILES string of the molecule is C=CCNN(O)[C@H]1CN(Cc2cccc3c(-c4cccc(C(=O)Nc5ccc(OC)cc5)c4)cn(C)c23)C(=O)[C@H](Cc2ccc(O)cc2)N1. The molecule has 4 aromatic carbocycles. The summed E-state index contributed by atoms with van der Waals surface area (Å²) in [6, 6.07) is 26.9. The van der Waals surface area contributed by atoms with Gasteiger partial charge in [0.05, 0.1) is 25.2 Å². The topological polar surface area (TPSA) is 131 Å². The molecule has 0 aliphatic carbocycles. The highest BCUT2D eigenvalue weighted by molar-refractivity contribution is 6.06. The Balaban J connectivity index is 1.27. The molecule has 1 fully saturated rings. The molecule has 2 heterocycles. The molecule has 11 heteroatoms. The lowest BCUT2D eigenvalue weighted by atomic mass is 9.99. The molecule has 0 unspecified atom stereocenters. The molecule has 0 spiro atoms. The molecule has 1 aliphatic rings. The Bertz CT molecular complexity index is 1960. The third kappa shape index (κ3) is 7.50.